The van der Waals surface area contributed by atoms with Gasteiger partial charge in [0.15, 0.2) is 0 Å². The fourth-order valence-electron chi connectivity index (χ4n) is 1.22. The summed E-state index contributed by atoms with van der Waals surface area (Å²) in [5.74, 6) is 0. The summed E-state index contributed by atoms with van der Waals surface area (Å²) in [5.41, 5.74) is 1.03. The van der Waals surface area contributed by atoms with Crippen molar-refractivity contribution in [2.45, 2.75) is 13.0 Å². The first kappa shape index (κ1) is 9.65. The molecule has 0 spiro atoms. The molecule has 0 aromatic carbocycles. The van der Waals surface area contributed by atoms with E-state index >= 15 is 0 Å². The molecule has 0 fully saturated rings. The largest absolute Gasteiger partial charge is 0.392 e. The Bertz CT molecular complexity index is 359. The summed E-state index contributed by atoms with van der Waals surface area (Å²) in [4.78, 5) is 0. The van der Waals surface area contributed by atoms with Crippen LogP contribution < -0.4 is 16.0 Å². The molecule has 1 rings (SSSR count). The van der Waals surface area contributed by atoms with E-state index in [0.717, 1.165) is 29.4 Å². The lowest BCUT2D eigenvalue weighted by Crippen LogP contribution is -2.25. The Hall–Kier alpha value is -1.44. The fraction of sp³-hybridized carbons (Fsp3) is 0.273. The molecule has 0 bridgehead atoms. The maximum absolute atomic E-state index is 3.92. The topological polar surface area (TPSA) is 17.0 Å². The molecule has 0 saturated heterocycles. The van der Waals surface area contributed by atoms with E-state index in [1.807, 2.05) is 19.2 Å². The van der Waals surface area contributed by atoms with Gasteiger partial charge in [0.1, 0.15) is 0 Å². The summed E-state index contributed by atoms with van der Waals surface area (Å²) < 4.78 is 2.09. The molecule has 0 amide bonds. The predicted octanol–water partition coefficient (Wildman–Crippen LogP) is 0.432. The van der Waals surface area contributed by atoms with E-state index in [1.165, 1.54) is 0 Å². The standard InChI is InChI=1S/C11H16N2/c1-9(12-4)7-8-13-10(2)5-6-11(13)3/h5-6,12H,1-3,7-8H2,4H3. The van der Waals surface area contributed by atoms with E-state index in [-0.39, 0.29) is 0 Å². The van der Waals surface area contributed by atoms with Crippen molar-refractivity contribution in [3.05, 3.63) is 35.1 Å². The Labute approximate surface area is 78.9 Å². The van der Waals surface area contributed by atoms with Gasteiger partial charge in [-0.1, -0.05) is 19.7 Å². The number of rotatable bonds is 4. The van der Waals surface area contributed by atoms with E-state index in [0.29, 0.717) is 0 Å². The first-order valence-corrected chi connectivity index (χ1v) is 4.34. The number of nitrogens with one attached hydrogen (secondary N) is 1. The molecule has 70 valence electrons. The van der Waals surface area contributed by atoms with Gasteiger partial charge in [-0.05, 0) is 12.1 Å². The molecular formula is C11H16N2. The molecule has 1 aromatic heterocycles. The third-order valence-electron chi connectivity index (χ3n) is 2.15. The summed E-state index contributed by atoms with van der Waals surface area (Å²) in [7, 11) is 1.88. The maximum atomic E-state index is 3.92. The second-order valence-electron chi connectivity index (χ2n) is 3.07. The Morgan fingerprint density at radius 1 is 1.38 bits per heavy atom. The molecule has 0 aliphatic rings. The van der Waals surface area contributed by atoms with Gasteiger partial charge in [-0.2, -0.15) is 0 Å². The average molecular weight is 176 g/mol. The van der Waals surface area contributed by atoms with E-state index in [9.17, 15) is 0 Å². The number of hydrogen-bond donors (Lipinski definition) is 1. The summed E-state index contributed by atoms with van der Waals surface area (Å²) in [6.45, 7) is 12.6. The number of aromatic nitrogens is 1. The Morgan fingerprint density at radius 2 is 1.92 bits per heavy atom. The van der Waals surface area contributed by atoms with Crippen molar-refractivity contribution in [2.24, 2.45) is 0 Å². The summed E-state index contributed by atoms with van der Waals surface area (Å²) in [6, 6.07) is 3.95. The van der Waals surface area contributed by atoms with Gasteiger partial charge in [0, 0.05) is 36.4 Å². The minimum atomic E-state index is 0.893. The molecule has 1 N–H and O–H groups in total. The highest BCUT2D eigenvalue weighted by molar-refractivity contribution is 5.09. The van der Waals surface area contributed by atoms with Gasteiger partial charge in [0.05, 0.1) is 0 Å². The van der Waals surface area contributed by atoms with Crippen LogP contribution in [-0.2, 0) is 6.54 Å². The lowest BCUT2D eigenvalue weighted by Gasteiger charge is -2.06. The van der Waals surface area contributed by atoms with Crippen LogP contribution in [0, 0.1) is 0 Å². The lowest BCUT2D eigenvalue weighted by molar-refractivity contribution is 0.647. The second kappa shape index (κ2) is 3.99. The SMILES string of the molecule is C=C(CCn1c(=C)ccc1=C)NC. The zero-order chi connectivity index (χ0) is 9.84. The molecule has 2 heteroatoms. The van der Waals surface area contributed by atoms with Crippen LogP contribution in [0.2, 0.25) is 0 Å². The van der Waals surface area contributed by atoms with Crippen molar-refractivity contribution >= 4 is 13.2 Å². The number of hydrogen-bond acceptors (Lipinski definition) is 1. The first-order valence-electron chi connectivity index (χ1n) is 4.34. The summed E-state index contributed by atoms with van der Waals surface area (Å²) >= 11 is 0. The Kier molecular flexibility index (Phi) is 2.96. The van der Waals surface area contributed by atoms with Gasteiger partial charge in [0.25, 0.3) is 0 Å². The van der Waals surface area contributed by atoms with Gasteiger partial charge in [-0.25, -0.2) is 0 Å². The fourth-order valence-corrected chi connectivity index (χ4v) is 1.22. The highest BCUT2D eigenvalue weighted by Gasteiger charge is 1.95. The van der Waals surface area contributed by atoms with Crippen LogP contribution in [0.1, 0.15) is 6.42 Å². The Balaban J connectivity index is 2.70. The minimum absolute atomic E-state index is 0.893. The van der Waals surface area contributed by atoms with Gasteiger partial charge in [-0.3, -0.25) is 0 Å². The summed E-state index contributed by atoms with van der Waals surface area (Å²) in [5, 5.41) is 5.03. The normalized spacial score (nSPS) is 9.92. The van der Waals surface area contributed by atoms with Crippen molar-refractivity contribution < 1.29 is 0 Å². The first-order chi connectivity index (χ1) is 6.15. The van der Waals surface area contributed by atoms with Crippen LogP contribution in [0.25, 0.3) is 13.2 Å². The average Bonchev–Trinajstić information content (AvgIpc) is 2.43. The van der Waals surface area contributed by atoms with Crippen molar-refractivity contribution in [1.29, 1.82) is 0 Å². The molecule has 0 aliphatic heterocycles. The van der Waals surface area contributed by atoms with E-state index in [2.05, 4.69) is 29.6 Å². The molecule has 2 nitrogen and oxygen atoms in total. The van der Waals surface area contributed by atoms with Crippen LogP contribution in [0.3, 0.4) is 0 Å². The molecular weight excluding hydrogens is 160 g/mol. The Morgan fingerprint density at radius 3 is 2.38 bits per heavy atom. The summed E-state index contributed by atoms with van der Waals surface area (Å²) in [6.07, 6.45) is 0.913. The maximum Gasteiger partial charge on any atom is 0.0338 e. The van der Waals surface area contributed by atoms with Crippen LogP contribution in [0.5, 0.6) is 0 Å². The van der Waals surface area contributed by atoms with Crippen molar-refractivity contribution in [3.8, 4) is 0 Å². The van der Waals surface area contributed by atoms with Gasteiger partial charge >= 0.3 is 0 Å². The highest BCUT2D eigenvalue weighted by Crippen LogP contribution is 1.92. The molecule has 0 saturated carbocycles. The van der Waals surface area contributed by atoms with E-state index in [4.69, 9.17) is 0 Å². The van der Waals surface area contributed by atoms with E-state index < -0.39 is 0 Å². The van der Waals surface area contributed by atoms with Gasteiger partial charge < -0.3 is 9.88 Å². The van der Waals surface area contributed by atoms with Crippen LogP contribution >= 0.6 is 0 Å². The zero-order valence-corrected chi connectivity index (χ0v) is 8.14. The quantitative estimate of drug-likeness (QED) is 0.704. The molecule has 0 aliphatic carbocycles. The van der Waals surface area contributed by atoms with Gasteiger partial charge in [-0.15, -0.1) is 0 Å². The molecule has 1 heterocycles. The lowest BCUT2D eigenvalue weighted by atomic mass is 10.3. The highest BCUT2D eigenvalue weighted by atomic mass is 15.0. The van der Waals surface area contributed by atoms with Crippen LogP contribution in [0.4, 0.5) is 0 Å². The second-order valence-corrected chi connectivity index (χ2v) is 3.07. The van der Waals surface area contributed by atoms with E-state index in [1.54, 1.807) is 0 Å². The molecule has 0 atom stereocenters. The molecule has 1 aromatic rings. The third kappa shape index (κ3) is 2.25. The smallest absolute Gasteiger partial charge is 0.0338 e. The molecule has 0 unspecified atom stereocenters. The predicted molar refractivity (Wildman–Crippen MR) is 57.5 cm³/mol. The minimum Gasteiger partial charge on any atom is -0.392 e. The molecule has 13 heavy (non-hydrogen) atoms. The zero-order valence-electron chi connectivity index (χ0n) is 8.14. The van der Waals surface area contributed by atoms with Crippen LogP contribution in [-0.4, -0.2) is 11.6 Å². The molecule has 0 radical (unpaired) electrons. The monoisotopic (exact) mass is 176 g/mol. The number of nitrogens with zero attached hydrogens (tertiary/aromatic N) is 1. The number of allylic oxidation sites excluding steroid dienone is 1. The van der Waals surface area contributed by atoms with Crippen LogP contribution in [0.15, 0.2) is 24.4 Å². The van der Waals surface area contributed by atoms with Crippen molar-refractivity contribution in [2.75, 3.05) is 7.05 Å². The van der Waals surface area contributed by atoms with Crippen molar-refractivity contribution in [3.63, 3.8) is 0 Å². The van der Waals surface area contributed by atoms with Crippen molar-refractivity contribution in [1.82, 2.24) is 9.88 Å². The van der Waals surface area contributed by atoms with Gasteiger partial charge in [0.2, 0.25) is 0 Å². The third-order valence-corrected chi connectivity index (χ3v) is 2.15.